The van der Waals surface area contributed by atoms with Crippen LogP contribution < -0.4 is 10.0 Å². The third kappa shape index (κ3) is 4.89. The highest BCUT2D eigenvalue weighted by Gasteiger charge is 2.57. The van der Waals surface area contributed by atoms with Crippen LogP contribution in [-0.2, 0) is 27.1 Å². The topological polar surface area (TPSA) is 95.5 Å². The molecule has 0 heterocycles. The minimum atomic E-state index is -3.43. The molecule has 7 heteroatoms. The maximum Gasteiger partial charge on any atom is 0.220 e. The first kappa shape index (κ1) is 21.8. The number of benzene rings is 1. The second-order valence-corrected chi connectivity index (χ2v) is 12.2. The smallest absolute Gasteiger partial charge is 0.220 e. The predicted molar refractivity (Wildman–Crippen MR) is 116 cm³/mol. The number of hydrogen-bond donors (Lipinski definition) is 3. The van der Waals surface area contributed by atoms with Crippen molar-refractivity contribution in [1.82, 2.24) is 10.0 Å². The highest BCUT2D eigenvalue weighted by atomic mass is 32.2. The van der Waals surface area contributed by atoms with E-state index in [1.807, 2.05) is 18.2 Å². The third-order valence-corrected chi connectivity index (χ3v) is 8.56. The molecule has 2 atom stereocenters. The van der Waals surface area contributed by atoms with Crippen LogP contribution in [-0.4, -0.2) is 31.1 Å². The summed E-state index contributed by atoms with van der Waals surface area (Å²) in [5, 5.41) is 13.9. The van der Waals surface area contributed by atoms with Gasteiger partial charge < -0.3 is 10.4 Å². The number of nitrogens with one attached hydrogen (secondary N) is 2. The van der Waals surface area contributed by atoms with E-state index < -0.39 is 15.6 Å². The van der Waals surface area contributed by atoms with Gasteiger partial charge in [0.2, 0.25) is 15.9 Å². The molecule has 0 radical (unpaired) electrons. The zero-order valence-electron chi connectivity index (χ0n) is 18.0. The Morgan fingerprint density at radius 3 is 2.37 bits per heavy atom. The van der Waals surface area contributed by atoms with Gasteiger partial charge in [0.15, 0.2) is 0 Å². The molecule has 30 heavy (non-hydrogen) atoms. The predicted octanol–water partition coefficient (Wildman–Crippen LogP) is 2.85. The molecule has 0 saturated heterocycles. The summed E-state index contributed by atoms with van der Waals surface area (Å²) >= 11 is 0. The average Bonchev–Trinajstić information content (AvgIpc) is 2.56. The number of aliphatic hydroxyl groups is 1. The Kier molecular flexibility index (Phi) is 5.75. The molecule has 3 N–H and O–H groups in total. The second kappa shape index (κ2) is 7.92. The van der Waals surface area contributed by atoms with Gasteiger partial charge >= 0.3 is 0 Å². The summed E-state index contributed by atoms with van der Waals surface area (Å²) in [5.74, 6) is 1.02. The van der Waals surface area contributed by atoms with Gasteiger partial charge in [-0.05, 0) is 80.8 Å². The molecule has 2 unspecified atom stereocenters. The molecule has 0 aliphatic heterocycles. The first-order chi connectivity index (χ1) is 14.1. The van der Waals surface area contributed by atoms with Gasteiger partial charge in [-0.3, -0.25) is 4.79 Å². The molecule has 0 aromatic heterocycles. The van der Waals surface area contributed by atoms with Crippen LogP contribution in [0.4, 0.5) is 0 Å². The van der Waals surface area contributed by atoms with E-state index in [0.29, 0.717) is 30.4 Å². The van der Waals surface area contributed by atoms with Crippen molar-refractivity contribution in [2.24, 2.45) is 17.3 Å². The quantitative estimate of drug-likeness (QED) is 0.586. The minimum absolute atomic E-state index is 0.00137. The molecule has 4 aliphatic rings. The summed E-state index contributed by atoms with van der Waals surface area (Å²) in [7, 11) is -3.43. The van der Waals surface area contributed by atoms with Crippen LogP contribution in [0.3, 0.4) is 0 Å². The number of hydrogen-bond acceptors (Lipinski definition) is 4. The molecule has 4 fully saturated rings. The van der Waals surface area contributed by atoms with Crippen LogP contribution in [0.25, 0.3) is 0 Å². The van der Waals surface area contributed by atoms with E-state index in [4.69, 9.17) is 0 Å². The summed E-state index contributed by atoms with van der Waals surface area (Å²) in [6.45, 7) is 3.91. The zero-order chi connectivity index (χ0) is 21.6. The Balaban J connectivity index is 1.38. The SMILES string of the molecule is CC(C)NS(=O)(=O)Cc1ccccc1CNC(=O)CC12CC3CC(CC(O)(C3)C1)C2. The largest absolute Gasteiger partial charge is 0.390 e. The van der Waals surface area contributed by atoms with Crippen LogP contribution in [0.2, 0.25) is 0 Å². The fourth-order valence-corrected chi connectivity index (χ4v) is 8.17. The van der Waals surface area contributed by atoms with Crippen molar-refractivity contribution in [1.29, 1.82) is 0 Å². The first-order valence-corrected chi connectivity index (χ1v) is 12.8. The van der Waals surface area contributed by atoms with Gasteiger partial charge in [0.25, 0.3) is 0 Å². The van der Waals surface area contributed by atoms with E-state index in [0.717, 1.165) is 37.7 Å². The van der Waals surface area contributed by atoms with Crippen LogP contribution >= 0.6 is 0 Å². The van der Waals surface area contributed by atoms with Crippen molar-refractivity contribution in [3.8, 4) is 0 Å². The number of carbonyl (C=O) groups excluding carboxylic acids is 1. The number of rotatable bonds is 8. The lowest BCUT2D eigenvalue weighted by Crippen LogP contribution is -2.56. The summed E-state index contributed by atoms with van der Waals surface area (Å²) in [6, 6.07) is 7.20. The lowest BCUT2D eigenvalue weighted by molar-refractivity contribution is -0.169. The van der Waals surface area contributed by atoms with Gasteiger partial charge in [-0.15, -0.1) is 0 Å². The molecular formula is C23H34N2O4S. The van der Waals surface area contributed by atoms with Gasteiger partial charge in [0, 0.05) is 19.0 Å². The molecular weight excluding hydrogens is 400 g/mol. The van der Waals surface area contributed by atoms with E-state index in [1.54, 1.807) is 19.9 Å². The normalized spacial score (nSPS) is 32.5. The molecule has 4 aliphatic carbocycles. The van der Waals surface area contributed by atoms with Crippen molar-refractivity contribution in [3.63, 3.8) is 0 Å². The Bertz CT molecular complexity index is 898. The highest BCUT2D eigenvalue weighted by molar-refractivity contribution is 7.88. The van der Waals surface area contributed by atoms with Gasteiger partial charge in [-0.2, -0.15) is 0 Å². The van der Waals surface area contributed by atoms with Crippen molar-refractivity contribution in [3.05, 3.63) is 35.4 Å². The molecule has 0 spiro atoms. The summed E-state index contributed by atoms with van der Waals surface area (Å²) in [5.41, 5.74) is 0.904. The van der Waals surface area contributed by atoms with Gasteiger partial charge in [0.05, 0.1) is 11.4 Å². The molecule has 1 aromatic rings. The van der Waals surface area contributed by atoms with Crippen LogP contribution in [0.1, 0.15) is 69.9 Å². The summed E-state index contributed by atoms with van der Waals surface area (Å²) in [4.78, 5) is 12.8. The van der Waals surface area contributed by atoms with Gasteiger partial charge in [0.1, 0.15) is 0 Å². The van der Waals surface area contributed by atoms with Gasteiger partial charge in [-0.1, -0.05) is 24.3 Å². The minimum Gasteiger partial charge on any atom is -0.390 e. The fourth-order valence-electron chi connectivity index (χ4n) is 6.68. The Hall–Kier alpha value is -1.44. The van der Waals surface area contributed by atoms with Gasteiger partial charge in [-0.25, -0.2) is 13.1 Å². The Morgan fingerprint density at radius 1 is 1.13 bits per heavy atom. The van der Waals surface area contributed by atoms with E-state index in [2.05, 4.69) is 10.0 Å². The lowest BCUT2D eigenvalue weighted by atomic mass is 9.47. The highest BCUT2D eigenvalue weighted by Crippen LogP contribution is 2.62. The maximum absolute atomic E-state index is 12.8. The number of amides is 1. The van der Waals surface area contributed by atoms with E-state index >= 15 is 0 Å². The summed E-state index contributed by atoms with van der Waals surface area (Å²) < 4.78 is 27.3. The average molecular weight is 435 g/mol. The molecule has 4 saturated carbocycles. The molecule has 1 amide bonds. The van der Waals surface area contributed by atoms with Crippen molar-refractivity contribution in [2.75, 3.05) is 0 Å². The van der Waals surface area contributed by atoms with Crippen molar-refractivity contribution < 1.29 is 18.3 Å². The number of carbonyl (C=O) groups is 1. The maximum atomic E-state index is 12.8. The monoisotopic (exact) mass is 434 g/mol. The standard InChI is InChI=1S/C23H34N2O4S/c1-16(2)25-30(28,29)14-20-6-4-3-5-19(20)13-24-21(26)12-22-8-17-7-18(9-22)11-23(27,10-17)15-22/h3-6,16-18,25,27H,7-15H2,1-2H3,(H,24,26). The lowest BCUT2D eigenvalue weighted by Gasteiger charge is -2.60. The van der Waals surface area contributed by atoms with Crippen LogP contribution in [0, 0.1) is 17.3 Å². The van der Waals surface area contributed by atoms with Crippen molar-refractivity contribution in [2.45, 2.75) is 82.7 Å². The van der Waals surface area contributed by atoms with E-state index in [1.165, 1.54) is 6.42 Å². The zero-order valence-corrected chi connectivity index (χ0v) is 18.8. The third-order valence-electron chi connectivity index (χ3n) is 7.04. The van der Waals surface area contributed by atoms with Crippen molar-refractivity contribution >= 4 is 15.9 Å². The molecule has 1 aromatic carbocycles. The Morgan fingerprint density at radius 2 is 1.77 bits per heavy atom. The van der Waals surface area contributed by atoms with Crippen LogP contribution in [0.15, 0.2) is 24.3 Å². The molecule has 5 rings (SSSR count). The van der Waals surface area contributed by atoms with Crippen LogP contribution in [0.5, 0.6) is 0 Å². The molecule has 6 nitrogen and oxygen atoms in total. The summed E-state index contributed by atoms with van der Waals surface area (Å²) in [6.07, 6.45) is 6.31. The first-order valence-electron chi connectivity index (χ1n) is 11.1. The molecule has 166 valence electrons. The van der Waals surface area contributed by atoms with E-state index in [-0.39, 0.29) is 23.1 Å². The Labute approximate surface area is 179 Å². The number of sulfonamides is 1. The van der Waals surface area contributed by atoms with E-state index in [9.17, 15) is 18.3 Å². The molecule has 4 bridgehead atoms. The fraction of sp³-hybridized carbons (Fsp3) is 0.696. The second-order valence-electron chi connectivity index (χ2n) is 10.4.